The van der Waals surface area contributed by atoms with Crippen LogP contribution in [0.4, 0.5) is 0 Å². The fourth-order valence-electron chi connectivity index (χ4n) is 8.39. The lowest BCUT2D eigenvalue weighted by molar-refractivity contribution is -0.144. The van der Waals surface area contributed by atoms with E-state index in [9.17, 15) is 29.4 Å². The van der Waals surface area contributed by atoms with Gasteiger partial charge in [0.05, 0.1) is 28.7 Å². The summed E-state index contributed by atoms with van der Waals surface area (Å²) in [6, 6.07) is 31.3. The third-order valence-electron chi connectivity index (χ3n) is 12.0. The highest BCUT2D eigenvalue weighted by Gasteiger charge is 2.44. The number of alkyl halides is 1. The third-order valence-corrected chi connectivity index (χ3v) is 13.2. The Kier molecular flexibility index (Phi) is 18.8. The summed E-state index contributed by atoms with van der Waals surface area (Å²) >= 11 is 7.87. The van der Waals surface area contributed by atoms with E-state index in [0.717, 1.165) is 62.4 Å². The van der Waals surface area contributed by atoms with Crippen molar-refractivity contribution in [3.63, 3.8) is 0 Å². The molecule has 5 aromatic rings. The topological polar surface area (TPSA) is 170 Å². The van der Waals surface area contributed by atoms with Crippen molar-refractivity contribution in [3.05, 3.63) is 137 Å². The maximum absolute atomic E-state index is 14.0. The number of halogens is 1. The normalized spacial score (nSPS) is 15.6. The second-order valence-electron chi connectivity index (χ2n) is 18.3. The molecule has 1 fully saturated rings. The van der Waals surface area contributed by atoms with Gasteiger partial charge in [-0.1, -0.05) is 112 Å². The van der Waals surface area contributed by atoms with Gasteiger partial charge in [-0.15, -0.1) is 22.9 Å². The number of unbranched alkanes of at least 4 members (excludes halogenated alkanes) is 3. The number of aromatic hydroxyl groups is 1. The highest BCUT2D eigenvalue weighted by atomic mass is 35.5. The lowest BCUT2D eigenvalue weighted by atomic mass is 9.85. The van der Waals surface area contributed by atoms with E-state index in [1.165, 1.54) is 4.90 Å². The summed E-state index contributed by atoms with van der Waals surface area (Å²) in [6.07, 6.45) is 3.26. The van der Waals surface area contributed by atoms with Crippen LogP contribution in [0.3, 0.4) is 0 Å². The minimum atomic E-state index is -0.897. The van der Waals surface area contributed by atoms with Crippen LogP contribution in [0, 0.1) is 12.3 Å². The van der Waals surface area contributed by atoms with Gasteiger partial charge in [0.2, 0.25) is 23.6 Å². The number of thiazole rings is 1. The van der Waals surface area contributed by atoms with Gasteiger partial charge in [0.1, 0.15) is 30.2 Å². The van der Waals surface area contributed by atoms with Crippen LogP contribution in [0.5, 0.6) is 11.5 Å². The van der Waals surface area contributed by atoms with Gasteiger partial charge in [0.15, 0.2) is 0 Å². The summed E-state index contributed by atoms with van der Waals surface area (Å²) in [4.78, 5) is 60.1. The van der Waals surface area contributed by atoms with Crippen molar-refractivity contribution < 1.29 is 34.1 Å². The molecule has 4 aromatic carbocycles. The highest BCUT2D eigenvalue weighted by Crippen LogP contribution is 2.36. The zero-order valence-electron chi connectivity index (χ0n) is 39.4. The number of phenols is 1. The Labute approximate surface area is 409 Å². The molecule has 6 rings (SSSR count). The molecule has 0 saturated carbocycles. The van der Waals surface area contributed by atoms with Crippen LogP contribution < -0.4 is 20.7 Å². The standard InChI is InChI=1S/C54H64ClN5O7S/c1-36-50(68-35-58-36)41-18-16-37(17-19-41)33-57-52(65)46-32-43(62)34-60(46)53(66)51(54(2,3)4)59-48(64)15-11-6-5-10-14-47(63)56-30-31-67-44-26-22-40(23-27-44)49(39-20-24-42(61)25-21-39)45(28-29-55)38-12-8-7-9-13-38/h7-9,12-13,16-27,35,43,46,51,61-62H,5-6,10-11,14-15,28-34H2,1-4H3,(H,56,63)(H,57,65)(H,59,64)/t43-,46+,51-/m1/s1. The number of nitrogens with one attached hydrogen (secondary N) is 3. The molecule has 12 nitrogen and oxygen atoms in total. The number of amides is 4. The number of aliphatic hydroxyl groups excluding tert-OH is 1. The number of carbonyl (C=O) groups is 4. The quantitative estimate of drug-likeness (QED) is 0.0260. The van der Waals surface area contributed by atoms with E-state index >= 15 is 0 Å². The second-order valence-corrected chi connectivity index (χ2v) is 19.5. The molecule has 3 atom stereocenters. The molecule has 14 heteroatoms. The summed E-state index contributed by atoms with van der Waals surface area (Å²) in [7, 11) is 0. The molecule has 0 spiro atoms. The molecule has 68 heavy (non-hydrogen) atoms. The molecule has 5 N–H and O–H groups in total. The largest absolute Gasteiger partial charge is 0.508 e. The fraction of sp³-hybridized carbons (Fsp3) is 0.389. The molecule has 0 bridgehead atoms. The molecule has 0 aliphatic carbocycles. The number of likely N-dealkylation sites (tertiary alicyclic amines) is 1. The van der Waals surface area contributed by atoms with Crippen LogP contribution in [0.1, 0.15) is 100 Å². The van der Waals surface area contributed by atoms with Crippen molar-refractivity contribution in [2.75, 3.05) is 25.6 Å². The predicted molar refractivity (Wildman–Crippen MR) is 270 cm³/mol. The van der Waals surface area contributed by atoms with Crippen molar-refractivity contribution in [2.45, 2.75) is 104 Å². The van der Waals surface area contributed by atoms with Gasteiger partial charge < -0.3 is 35.8 Å². The molecule has 0 radical (unpaired) electrons. The van der Waals surface area contributed by atoms with Gasteiger partial charge in [-0.25, -0.2) is 4.98 Å². The SMILES string of the molecule is Cc1ncsc1-c1ccc(CNC(=O)[C@@H]2C[C@@H](O)CN2C(=O)[C@@H](NC(=O)CCCCCCC(=O)NCCOc2ccc(C(=C(CCCl)c3ccccc3)c3ccc(O)cc3)cc2)C(C)(C)C)cc1. The Morgan fingerprint density at radius 3 is 2.09 bits per heavy atom. The zero-order chi connectivity index (χ0) is 48.6. The molecular weight excluding hydrogens is 898 g/mol. The van der Waals surface area contributed by atoms with E-state index in [0.29, 0.717) is 50.5 Å². The summed E-state index contributed by atoms with van der Waals surface area (Å²) in [5.41, 5.74) is 9.22. The van der Waals surface area contributed by atoms with Crippen LogP contribution in [-0.2, 0) is 25.7 Å². The zero-order valence-corrected chi connectivity index (χ0v) is 41.0. The number of hydrogen-bond donors (Lipinski definition) is 5. The van der Waals surface area contributed by atoms with Crippen LogP contribution in [0.2, 0.25) is 0 Å². The number of allylic oxidation sites excluding steroid dienone is 1. The van der Waals surface area contributed by atoms with Gasteiger partial charge in [0.25, 0.3) is 0 Å². The van der Waals surface area contributed by atoms with Crippen molar-refractivity contribution in [2.24, 2.45) is 5.41 Å². The summed E-state index contributed by atoms with van der Waals surface area (Å²) in [5, 5.41) is 29.3. The Balaban J connectivity index is 0.894. The summed E-state index contributed by atoms with van der Waals surface area (Å²) < 4.78 is 5.96. The van der Waals surface area contributed by atoms with Crippen LogP contribution >= 0.6 is 22.9 Å². The number of phenolic OH excluding ortho intramolecular Hbond substituents is 1. The summed E-state index contributed by atoms with van der Waals surface area (Å²) in [5.74, 6) is 0.235. The number of benzene rings is 4. The van der Waals surface area contributed by atoms with E-state index in [1.54, 1.807) is 23.5 Å². The Hall–Kier alpha value is -6.02. The van der Waals surface area contributed by atoms with Gasteiger partial charge in [0, 0.05) is 38.2 Å². The smallest absolute Gasteiger partial charge is 0.246 e. The lowest BCUT2D eigenvalue weighted by Gasteiger charge is -2.35. The molecule has 1 aliphatic rings. The van der Waals surface area contributed by atoms with Crippen LogP contribution in [-0.4, -0.2) is 87.5 Å². The highest BCUT2D eigenvalue weighted by molar-refractivity contribution is 7.13. The number of rotatable bonds is 22. The molecule has 1 saturated heterocycles. The van der Waals surface area contributed by atoms with E-state index in [-0.39, 0.29) is 49.4 Å². The van der Waals surface area contributed by atoms with Gasteiger partial charge in [-0.05, 0) is 94.8 Å². The van der Waals surface area contributed by atoms with E-state index in [1.807, 2.05) is 112 Å². The van der Waals surface area contributed by atoms with E-state index in [2.05, 4.69) is 33.1 Å². The number of nitrogens with zero attached hydrogens (tertiary/aromatic N) is 2. The van der Waals surface area contributed by atoms with Crippen molar-refractivity contribution >= 4 is 57.7 Å². The minimum Gasteiger partial charge on any atom is -0.508 e. The molecule has 360 valence electrons. The number of aromatic nitrogens is 1. The van der Waals surface area contributed by atoms with Crippen LogP contribution in [0.15, 0.2) is 109 Å². The number of ether oxygens (including phenoxy) is 1. The van der Waals surface area contributed by atoms with Gasteiger partial charge in [-0.2, -0.15) is 0 Å². The van der Waals surface area contributed by atoms with Crippen molar-refractivity contribution in [1.82, 2.24) is 25.8 Å². The van der Waals surface area contributed by atoms with Crippen molar-refractivity contribution in [1.29, 1.82) is 0 Å². The fourth-order valence-corrected chi connectivity index (χ4v) is 9.40. The van der Waals surface area contributed by atoms with Gasteiger partial charge >= 0.3 is 0 Å². The Morgan fingerprint density at radius 1 is 0.824 bits per heavy atom. The van der Waals surface area contributed by atoms with E-state index < -0.39 is 29.5 Å². The molecule has 1 aromatic heterocycles. The number of β-amino-alcohol motifs (C(OH)–C–C–N with tert-alkyl or cyclic N) is 1. The number of hydrogen-bond acceptors (Lipinski definition) is 9. The monoisotopic (exact) mass is 961 g/mol. The molecule has 0 unspecified atom stereocenters. The molecule has 4 amide bonds. The lowest BCUT2D eigenvalue weighted by Crippen LogP contribution is -2.57. The minimum absolute atomic E-state index is 0.00581. The average Bonchev–Trinajstić information content (AvgIpc) is 3.95. The Morgan fingerprint density at radius 2 is 1.47 bits per heavy atom. The number of aliphatic hydroxyl groups is 1. The number of aryl methyl sites for hydroxylation is 1. The maximum atomic E-state index is 14.0. The van der Waals surface area contributed by atoms with Crippen LogP contribution in [0.25, 0.3) is 21.6 Å². The number of carbonyl (C=O) groups excluding carboxylic acids is 4. The van der Waals surface area contributed by atoms with Crippen molar-refractivity contribution in [3.8, 4) is 21.9 Å². The maximum Gasteiger partial charge on any atom is 0.246 e. The molecule has 1 aliphatic heterocycles. The first-order valence-corrected chi connectivity index (χ1v) is 24.8. The Bertz CT molecular complexity index is 2470. The molecule has 2 heterocycles. The van der Waals surface area contributed by atoms with Gasteiger partial charge in [-0.3, -0.25) is 19.2 Å². The van der Waals surface area contributed by atoms with E-state index in [4.69, 9.17) is 16.3 Å². The molecular formula is C54H64ClN5O7S. The predicted octanol–water partition coefficient (Wildman–Crippen LogP) is 9.06. The second kappa shape index (κ2) is 24.8. The first-order valence-electron chi connectivity index (χ1n) is 23.4. The first-order chi connectivity index (χ1) is 32.7. The average molecular weight is 963 g/mol. The third kappa shape index (κ3) is 14.5. The first kappa shape index (κ1) is 51.4. The summed E-state index contributed by atoms with van der Waals surface area (Å²) in [6.45, 7) is 8.49.